The van der Waals surface area contributed by atoms with Gasteiger partial charge < -0.3 is 15.2 Å². The minimum Gasteiger partial charge on any atom is -0.376 e. The Hall–Kier alpha value is -2.63. The van der Waals surface area contributed by atoms with Crippen LogP contribution in [0.3, 0.4) is 0 Å². The summed E-state index contributed by atoms with van der Waals surface area (Å²) in [5.74, 6) is -0.299. The third-order valence-corrected chi connectivity index (χ3v) is 2.57. The highest BCUT2D eigenvalue weighted by atomic mass is 16.1. The number of aromatic nitrogens is 2. The standard InChI is InChI=1S/C13H14N4O2/c1-17(2)11-5-6-14-8-10(11)16-13(19)9-3-4-12(18)15-7-9/h3-8H,1-2H3,(H,15,18)(H,16,19). The van der Waals surface area contributed by atoms with Crippen LogP contribution < -0.4 is 15.8 Å². The first-order chi connectivity index (χ1) is 9.08. The van der Waals surface area contributed by atoms with Crippen molar-refractivity contribution in [1.82, 2.24) is 9.97 Å². The highest BCUT2D eigenvalue weighted by molar-refractivity contribution is 6.05. The van der Waals surface area contributed by atoms with Crippen LogP contribution in [0.1, 0.15) is 10.4 Å². The maximum absolute atomic E-state index is 12.0. The molecule has 0 saturated heterocycles. The Morgan fingerprint density at radius 1 is 1.32 bits per heavy atom. The van der Waals surface area contributed by atoms with E-state index >= 15 is 0 Å². The summed E-state index contributed by atoms with van der Waals surface area (Å²) in [6.45, 7) is 0. The summed E-state index contributed by atoms with van der Waals surface area (Å²) >= 11 is 0. The third kappa shape index (κ3) is 2.98. The number of nitrogens with zero attached hydrogens (tertiary/aromatic N) is 2. The number of H-pyrrole nitrogens is 1. The highest BCUT2D eigenvalue weighted by Crippen LogP contribution is 2.22. The summed E-state index contributed by atoms with van der Waals surface area (Å²) in [5.41, 5.74) is 1.61. The fraction of sp³-hybridized carbons (Fsp3) is 0.154. The van der Waals surface area contributed by atoms with E-state index in [1.807, 2.05) is 25.1 Å². The van der Waals surface area contributed by atoms with Gasteiger partial charge in [-0.25, -0.2) is 0 Å². The topological polar surface area (TPSA) is 78.1 Å². The second-order valence-corrected chi connectivity index (χ2v) is 4.18. The normalized spacial score (nSPS) is 10.0. The van der Waals surface area contributed by atoms with Gasteiger partial charge in [0.15, 0.2) is 0 Å². The van der Waals surface area contributed by atoms with E-state index in [0.717, 1.165) is 5.69 Å². The number of hydrogen-bond donors (Lipinski definition) is 2. The molecule has 0 aromatic carbocycles. The number of rotatable bonds is 3. The minimum atomic E-state index is -0.299. The van der Waals surface area contributed by atoms with Crippen molar-refractivity contribution >= 4 is 17.3 Å². The zero-order valence-corrected chi connectivity index (χ0v) is 10.7. The van der Waals surface area contributed by atoms with Gasteiger partial charge in [0.2, 0.25) is 5.56 Å². The van der Waals surface area contributed by atoms with Gasteiger partial charge in [-0.15, -0.1) is 0 Å². The van der Waals surface area contributed by atoms with E-state index in [0.29, 0.717) is 11.3 Å². The quantitative estimate of drug-likeness (QED) is 0.863. The number of hydrogen-bond acceptors (Lipinski definition) is 4. The molecule has 1 amide bonds. The lowest BCUT2D eigenvalue weighted by Gasteiger charge is -2.17. The van der Waals surface area contributed by atoms with Crippen molar-refractivity contribution in [2.75, 3.05) is 24.3 Å². The largest absolute Gasteiger partial charge is 0.376 e. The first kappa shape index (κ1) is 12.8. The average molecular weight is 258 g/mol. The van der Waals surface area contributed by atoms with Gasteiger partial charge in [0.1, 0.15) is 0 Å². The van der Waals surface area contributed by atoms with Crippen LogP contribution in [-0.2, 0) is 0 Å². The molecule has 19 heavy (non-hydrogen) atoms. The van der Waals surface area contributed by atoms with Crippen LogP contribution in [0.5, 0.6) is 0 Å². The lowest BCUT2D eigenvalue weighted by atomic mass is 10.2. The van der Waals surface area contributed by atoms with Crippen molar-refractivity contribution in [3.63, 3.8) is 0 Å². The molecule has 0 atom stereocenters. The number of carbonyl (C=O) groups excluding carboxylic acids is 1. The molecule has 0 saturated carbocycles. The van der Waals surface area contributed by atoms with Gasteiger partial charge in [-0.1, -0.05) is 0 Å². The Labute approximate surface area is 110 Å². The Morgan fingerprint density at radius 3 is 2.74 bits per heavy atom. The van der Waals surface area contributed by atoms with Crippen molar-refractivity contribution in [2.45, 2.75) is 0 Å². The van der Waals surface area contributed by atoms with Gasteiger partial charge in [0.05, 0.1) is 23.1 Å². The molecular weight excluding hydrogens is 244 g/mol. The van der Waals surface area contributed by atoms with Crippen LogP contribution in [-0.4, -0.2) is 30.0 Å². The Kier molecular flexibility index (Phi) is 3.61. The molecule has 0 spiro atoms. The molecule has 0 bridgehead atoms. The van der Waals surface area contributed by atoms with Crippen LogP contribution in [0, 0.1) is 0 Å². The number of amides is 1. The molecule has 2 heterocycles. The van der Waals surface area contributed by atoms with Gasteiger partial charge in [0.25, 0.3) is 5.91 Å². The monoisotopic (exact) mass is 258 g/mol. The minimum absolute atomic E-state index is 0.244. The van der Waals surface area contributed by atoms with E-state index in [9.17, 15) is 9.59 Å². The predicted molar refractivity (Wildman–Crippen MR) is 73.6 cm³/mol. The van der Waals surface area contributed by atoms with Crippen molar-refractivity contribution in [2.24, 2.45) is 0 Å². The molecular formula is C13H14N4O2. The van der Waals surface area contributed by atoms with Crippen LogP contribution in [0.4, 0.5) is 11.4 Å². The number of carbonyl (C=O) groups is 1. The summed E-state index contributed by atoms with van der Waals surface area (Å²) in [6, 6.07) is 4.59. The van der Waals surface area contributed by atoms with Gasteiger partial charge in [-0.2, -0.15) is 0 Å². The maximum Gasteiger partial charge on any atom is 0.257 e. The second-order valence-electron chi connectivity index (χ2n) is 4.18. The maximum atomic E-state index is 12.0. The highest BCUT2D eigenvalue weighted by Gasteiger charge is 2.10. The fourth-order valence-corrected chi connectivity index (χ4v) is 1.62. The zero-order chi connectivity index (χ0) is 13.8. The molecule has 0 radical (unpaired) electrons. The van der Waals surface area contributed by atoms with E-state index in [-0.39, 0.29) is 11.5 Å². The second kappa shape index (κ2) is 5.34. The fourth-order valence-electron chi connectivity index (χ4n) is 1.62. The predicted octanol–water partition coefficient (Wildman–Crippen LogP) is 1.09. The molecule has 0 aliphatic heterocycles. The summed E-state index contributed by atoms with van der Waals surface area (Å²) in [4.78, 5) is 31.3. The molecule has 2 aromatic rings. The molecule has 6 nitrogen and oxygen atoms in total. The first-order valence-electron chi connectivity index (χ1n) is 5.69. The lowest BCUT2D eigenvalue weighted by molar-refractivity contribution is 0.102. The molecule has 2 aromatic heterocycles. The number of pyridine rings is 2. The molecule has 2 rings (SSSR count). The van der Waals surface area contributed by atoms with Crippen LogP contribution in [0.15, 0.2) is 41.6 Å². The summed E-state index contributed by atoms with van der Waals surface area (Å²) in [6.07, 6.45) is 4.62. The third-order valence-electron chi connectivity index (χ3n) is 2.57. The molecule has 0 aliphatic rings. The summed E-state index contributed by atoms with van der Waals surface area (Å²) in [5, 5.41) is 2.76. The molecule has 0 unspecified atom stereocenters. The van der Waals surface area contributed by atoms with E-state index < -0.39 is 0 Å². The summed E-state index contributed by atoms with van der Waals surface area (Å²) < 4.78 is 0. The number of anilines is 2. The van der Waals surface area contributed by atoms with E-state index in [1.165, 1.54) is 18.3 Å². The number of nitrogens with one attached hydrogen (secondary N) is 2. The van der Waals surface area contributed by atoms with Crippen LogP contribution >= 0.6 is 0 Å². The van der Waals surface area contributed by atoms with Gasteiger partial charge in [-0.3, -0.25) is 14.6 Å². The van der Waals surface area contributed by atoms with E-state index in [2.05, 4.69) is 15.3 Å². The Bertz CT molecular complexity index is 629. The number of aromatic amines is 1. The molecule has 0 aliphatic carbocycles. The zero-order valence-electron chi connectivity index (χ0n) is 10.7. The average Bonchev–Trinajstić information content (AvgIpc) is 2.39. The summed E-state index contributed by atoms with van der Waals surface area (Å²) in [7, 11) is 3.76. The van der Waals surface area contributed by atoms with Crippen molar-refractivity contribution in [3.8, 4) is 0 Å². The molecule has 2 N–H and O–H groups in total. The SMILES string of the molecule is CN(C)c1ccncc1NC(=O)c1ccc(=O)[nH]c1. The van der Waals surface area contributed by atoms with E-state index in [1.54, 1.807) is 12.4 Å². The van der Waals surface area contributed by atoms with E-state index in [4.69, 9.17) is 0 Å². The van der Waals surface area contributed by atoms with Crippen LogP contribution in [0.25, 0.3) is 0 Å². The van der Waals surface area contributed by atoms with Gasteiger partial charge in [-0.05, 0) is 12.1 Å². The first-order valence-corrected chi connectivity index (χ1v) is 5.69. The molecule has 0 fully saturated rings. The Morgan fingerprint density at radius 2 is 2.11 bits per heavy atom. The van der Waals surface area contributed by atoms with Crippen molar-refractivity contribution in [1.29, 1.82) is 0 Å². The smallest absolute Gasteiger partial charge is 0.257 e. The van der Waals surface area contributed by atoms with Gasteiger partial charge >= 0.3 is 0 Å². The lowest BCUT2D eigenvalue weighted by Crippen LogP contribution is -2.18. The van der Waals surface area contributed by atoms with Crippen molar-refractivity contribution in [3.05, 3.63) is 52.7 Å². The molecule has 6 heteroatoms. The molecule has 98 valence electrons. The van der Waals surface area contributed by atoms with Crippen LogP contribution in [0.2, 0.25) is 0 Å². The van der Waals surface area contributed by atoms with Gasteiger partial charge in [0, 0.05) is 32.6 Å². The van der Waals surface area contributed by atoms with Crippen molar-refractivity contribution < 1.29 is 4.79 Å². The Balaban J connectivity index is 2.24.